The highest BCUT2D eigenvalue weighted by molar-refractivity contribution is 5.97. The third-order valence-corrected chi connectivity index (χ3v) is 6.44. The number of nitrogens with zero attached hydrogens (tertiary/aromatic N) is 1. The van der Waals surface area contributed by atoms with E-state index in [0.29, 0.717) is 22.4 Å². The number of likely N-dealkylation sites (tertiary alicyclic amines) is 1. The Balaban J connectivity index is 1.89. The van der Waals surface area contributed by atoms with Crippen LogP contribution in [-0.2, 0) is 20.8 Å². The zero-order valence-electron chi connectivity index (χ0n) is 22.1. The molecular formula is C28H33F2N3O6. The van der Waals surface area contributed by atoms with Gasteiger partial charge in [0.1, 0.15) is 11.8 Å². The number of aliphatic hydroxyl groups excluding tert-OH is 1. The number of carbonyl (C=O) groups excluding carboxylic acids is 4. The van der Waals surface area contributed by atoms with E-state index in [-0.39, 0.29) is 24.3 Å². The number of rotatable bonds is 10. The van der Waals surface area contributed by atoms with Crippen LogP contribution in [0.1, 0.15) is 48.2 Å². The first-order valence-corrected chi connectivity index (χ1v) is 12.7. The van der Waals surface area contributed by atoms with E-state index >= 15 is 0 Å². The highest BCUT2D eigenvalue weighted by Crippen LogP contribution is 2.33. The Morgan fingerprint density at radius 1 is 1.13 bits per heavy atom. The lowest BCUT2D eigenvalue weighted by Gasteiger charge is -2.30. The summed E-state index contributed by atoms with van der Waals surface area (Å²) in [5, 5.41) is 16.3. The number of halogens is 2. The van der Waals surface area contributed by atoms with Crippen LogP contribution in [0.25, 0.3) is 0 Å². The summed E-state index contributed by atoms with van der Waals surface area (Å²) < 4.78 is 33.8. The molecule has 3 amide bonds. The van der Waals surface area contributed by atoms with E-state index in [1.807, 2.05) is 0 Å². The maximum atomic E-state index is 14.3. The molecule has 1 aliphatic rings. The molecule has 1 saturated heterocycles. The second kappa shape index (κ2) is 12.8. The van der Waals surface area contributed by atoms with Gasteiger partial charge in [-0.15, -0.1) is 0 Å². The monoisotopic (exact) mass is 545 g/mol. The number of benzene rings is 2. The van der Waals surface area contributed by atoms with Crippen LogP contribution in [0.2, 0.25) is 0 Å². The van der Waals surface area contributed by atoms with Gasteiger partial charge in [0.05, 0.1) is 12.6 Å². The normalized spacial score (nSPS) is 17.7. The second-order valence-electron chi connectivity index (χ2n) is 9.57. The number of hydrogen-bond donors (Lipinski definition) is 3. The van der Waals surface area contributed by atoms with Crippen LogP contribution in [-0.4, -0.2) is 70.9 Å². The Morgan fingerprint density at radius 3 is 2.46 bits per heavy atom. The lowest BCUT2D eigenvalue weighted by atomic mass is 9.98. The molecule has 3 atom stereocenters. The number of alkyl halides is 2. The van der Waals surface area contributed by atoms with E-state index in [2.05, 4.69) is 10.6 Å². The average molecular weight is 546 g/mol. The highest BCUT2D eigenvalue weighted by Gasteiger charge is 2.51. The fourth-order valence-corrected chi connectivity index (χ4v) is 4.47. The van der Waals surface area contributed by atoms with Crippen molar-refractivity contribution in [2.75, 3.05) is 13.1 Å². The van der Waals surface area contributed by atoms with Gasteiger partial charge in [0.2, 0.25) is 5.91 Å². The molecule has 0 saturated carbocycles. The van der Waals surface area contributed by atoms with Crippen molar-refractivity contribution in [1.29, 1.82) is 0 Å². The number of amides is 3. The molecule has 0 radical (unpaired) electrons. The van der Waals surface area contributed by atoms with Gasteiger partial charge >= 0.3 is 5.97 Å². The van der Waals surface area contributed by atoms with Crippen LogP contribution in [0.3, 0.4) is 0 Å². The number of aliphatic hydroxyl groups is 1. The minimum atomic E-state index is -3.31. The van der Waals surface area contributed by atoms with E-state index < -0.39 is 60.8 Å². The third kappa shape index (κ3) is 7.60. The fraction of sp³-hybridized carbons (Fsp3) is 0.429. The molecule has 9 nitrogen and oxygen atoms in total. The van der Waals surface area contributed by atoms with E-state index in [1.54, 1.807) is 44.2 Å². The predicted octanol–water partition coefficient (Wildman–Crippen LogP) is 2.38. The summed E-state index contributed by atoms with van der Waals surface area (Å²) in [4.78, 5) is 51.3. The Labute approximate surface area is 225 Å². The number of nitrogens with one attached hydrogen (secondary N) is 2. The number of hydrogen-bond acceptors (Lipinski definition) is 6. The zero-order valence-corrected chi connectivity index (χ0v) is 22.1. The van der Waals surface area contributed by atoms with Crippen molar-refractivity contribution in [2.45, 2.75) is 64.1 Å². The van der Waals surface area contributed by atoms with Gasteiger partial charge in [0.25, 0.3) is 17.7 Å². The maximum absolute atomic E-state index is 14.3. The summed E-state index contributed by atoms with van der Waals surface area (Å²) in [6.45, 7) is 3.83. The molecule has 3 unspecified atom stereocenters. The summed E-state index contributed by atoms with van der Waals surface area (Å²) in [6, 6.07) is 10.6. The topological polar surface area (TPSA) is 125 Å². The van der Waals surface area contributed by atoms with Crippen molar-refractivity contribution in [2.24, 2.45) is 0 Å². The van der Waals surface area contributed by atoms with Crippen LogP contribution in [0, 0.1) is 6.92 Å². The summed E-state index contributed by atoms with van der Waals surface area (Å²) in [7, 11) is 0. The van der Waals surface area contributed by atoms with Crippen LogP contribution in [0.15, 0.2) is 48.5 Å². The van der Waals surface area contributed by atoms with Crippen molar-refractivity contribution in [3.8, 4) is 5.75 Å². The lowest BCUT2D eigenvalue weighted by Crippen LogP contribution is -2.56. The molecule has 0 aromatic heterocycles. The van der Waals surface area contributed by atoms with Gasteiger partial charge in [-0.1, -0.05) is 43.3 Å². The van der Waals surface area contributed by atoms with Gasteiger partial charge < -0.3 is 25.4 Å². The van der Waals surface area contributed by atoms with Crippen molar-refractivity contribution in [3.05, 3.63) is 65.2 Å². The number of ether oxygens (including phenoxy) is 1. The molecule has 39 heavy (non-hydrogen) atoms. The van der Waals surface area contributed by atoms with Crippen LogP contribution in [0.5, 0.6) is 5.75 Å². The van der Waals surface area contributed by atoms with Crippen molar-refractivity contribution >= 4 is 23.7 Å². The van der Waals surface area contributed by atoms with Gasteiger partial charge in [-0.2, -0.15) is 0 Å². The van der Waals surface area contributed by atoms with Crippen molar-refractivity contribution in [1.82, 2.24) is 15.5 Å². The average Bonchev–Trinajstić information content (AvgIpc) is 3.22. The molecule has 2 aromatic carbocycles. The number of carbonyl (C=O) groups is 4. The molecule has 0 aliphatic carbocycles. The number of esters is 1. The van der Waals surface area contributed by atoms with E-state index in [0.717, 1.165) is 0 Å². The molecule has 0 bridgehead atoms. The van der Waals surface area contributed by atoms with Gasteiger partial charge in [0, 0.05) is 31.0 Å². The highest BCUT2D eigenvalue weighted by atomic mass is 19.3. The minimum absolute atomic E-state index is 0.000891. The molecule has 11 heteroatoms. The fourth-order valence-electron chi connectivity index (χ4n) is 4.47. The summed E-state index contributed by atoms with van der Waals surface area (Å²) in [5.74, 6) is -6.19. The largest absolute Gasteiger partial charge is 0.426 e. The SMILES string of the molecule is CCCNC(=O)C1CC(F)(F)CN1C(=O)C(O)C(Cc1ccccc1)NC(=O)c1cccc(OC(C)=O)c1C. The Morgan fingerprint density at radius 2 is 1.82 bits per heavy atom. The van der Waals surface area contributed by atoms with Gasteiger partial charge in [-0.3, -0.25) is 19.2 Å². The van der Waals surface area contributed by atoms with E-state index in [1.165, 1.54) is 25.1 Å². The van der Waals surface area contributed by atoms with Crippen molar-refractivity contribution in [3.63, 3.8) is 0 Å². The second-order valence-corrected chi connectivity index (χ2v) is 9.57. The standard InChI is InChI=1S/C28H33F2N3O6/c1-4-13-31-26(37)22-15-28(29,30)16-33(22)27(38)24(35)21(14-19-9-6-5-7-10-19)32-25(36)20-11-8-12-23(17(20)2)39-18(3)34/h5-12,21-22,24,35H,4,13-16H2,1-3H3,(H,31,37)(H,32,36). The molecule has 3 N–H and O–H groups in total. The molecule has 2 aromatic rings. The van der Waals surface area contributed by atoms with Crippen LogP contribution in [0.4, 0.5) is 8.78 Å². The smallest absolute Gasteiger partial charge is 0.308 e. The van der Waals surface area contributed by atoms with E-state index in [9.17, 15) is 33.1 Å². The minimum Gasteiger partial charge on any atom is -0.426 e. The first-order chi connectivity index (χ1) is 18.4. The van der Waals surface area contributed by atoms with Crippen LogP contribution >= 0.6 is 0 Å². The third-order valence-electron chi connectivity index (χ3n) is 6.44. The molecule has 1 fully saturated rings. The molecule has 1 aliphatic heterocycles. The zero-order chi connectivity index (χ0) is 28.7. The Kier molecular flexibility index (Phi) is 9.74. The molecule has 0 spiro atoms. The first kappa shape index (κ1) is 29.7. The molecule has 3 rings (SSSR count). The lowest BCUT2D eigenvalue weighted by molar-refractivity contribution is -0.147. The maximum Gasteiger partial charge on any atom is 0.308 e. The molecule has 210 valence electrons. The van der Waals surface area contributed by atoms with Gasteiger partial charge in [0.15, 0.2) is 6.10 Å². The first-order valence-electron chi connectivity index (χ1n) is 12.7. The molecule has 1 heterocycles. The Bertz CT molecular complexity index is 1210. The van der Waals surface area contributed by atoms with Gasteiger partial charge in [-0.05, 0) is 37.5 Å². The Hall–Kier alpha value is -3.86. The quantitative estimate of drug-likeness (QED) is 0.311. The van der Waals surface area contributed by atoms with E-state index in [4.69, 9.17) is 4.74 Å². The summed E-state index contributed by atoms with van der Waals surface area (Å²) in [5.41, 5.74) is 1.16. The summed E-state index contributed by atoms with van der Waals surface area (Å²) >= 11 is 0. The predicted molar refractivity (Wildman–Crippen MR) is 138 cm³/mol. The molecular weight excluding hydrogens is 512 g/mol. The van der Waals surface area contributed by atoms with Gasteiger partial charge in [-0.25, -0.2) is 8.78 Å². The summed E-state index contributed by atoms with van der Waals surface area (Å²) in [6.07, 6.45) is -2.21. The van der Waals surface area contributed by atoms with Crippen molar-refractivity contribution < 1.29 is 37.8 Å². The van der Waals surface area contributed by atoms with Crippen LogP contribution < -0.4 is 15.4 Å².